The molecule has 1 aromatic rings. The lowest BCUT2D eigenvalue weighted by Crippen LogP contribution is -2.20. The number of hydrogen-bond donors (Lipinski definition) is 2. The minimum atomic E-state index is -0.630. The third kappa shape index (κ3) is 6.48. The van der Waals surface area contributed by atoms with E-state index in [0.717, 1.165) is 13.0 Å². The van der Waals surface area contributed by atoms with E-state index in [2.05, 4.69) is 10.6 Å². The van der Waals surface area contributed by atoms with Gasteiger partial charge in [0.15, 0.2) is 0 Å². The molecule has 0 aliphatic heterocycles. The van der Waals surface area contributed by atoms with Gasteiger partial charge in [0.05, 0.1) is 23.8 Å². The Labute approximate surface area is 146 Å². The van der Waals surface area contributed by atoms with Gasteiger partial charge in [0.25, 0.3) is 11.6 Å². The molecule has 0 unspecified atom stereocenters. The van der Waals surface area contributed by atoms with E-state index in [9.17, 15) is 14.9 Å². The van der Waals surface area contributed by atoms with E-state index in [4.69, 9.17) is 10.00 Å². The van der Waals surface area contributed by atoms with Crippen molar-refractivity contribution in [2.45, 2.75) is 6.42 Å². The van der Waals surface area contributed by atoms with Crippen molar-refractivity contribution in [1.29, 1.82) is 5.26 Å². The first-order valence-electron chi connectivity index (χ1n) is 7.51. The Morgan fingerprint density at radius 2 is 2.20 bits per heavy atom. The summed E-state index contributed by atoms with van der Waals surface area (Å²) in [5, 5.41) is 25.3. The molecule has 0 aliphatic carbocycles. The number of nitrogens with zero attached hydrogens (tertiary/aromatic N) is 3. The van der Waals surface area contributed by atoms with Crippen LogP contribution in [0.3, 0.4) is 0 Å². The molecule has 0 fully saturated rings. The summed E-state index contributed by atoms with van der Waals surface area (Å²) in [5.74, 6) is -0.492. The molecular weight excluding hydrogens is 326 g/mol. The second kappa shape index (κ2) is 9.89. The van der Waals surface area contributed by atoms with Crippen molar-refractivity contribution < 1.29 is 14.5 Å². The van der Waals surface area contributed by atoms with Gasteiger partial charge in [0, 0.05) is 18.8 Å². The number of non-ortho nitro benzene ring substituents is 1. The number of anilines is 1. The molecule has 9 nitrogen and oxygen atoms in total. The topological polar surface area (TPSA) is 121 Å². The highest BCUT2D eigenvalue weighted by molar-refractivity contribution is 6.07. The van der Waals surface area contributed by atoms with E-state index in [0.29, 0.717) is 6.54 Å². The van der Waals surface area contributed by atoms with Crippen LogP contribution in [-0.4, -0.2) is 50.0 Å². The Morgan fingerprint density at radius 1 is 1.48 bits per heavy atom. The predicted octanol–water partition coefficient (Wildman–Crippen LogP) is 1.49. The summed E-state index contributed by atoms with van der Waals surface area (Å²) in [6.07, 6.45) is 2.21. The standard InChI is InChI=1S/C16H21N5O4/c1-20(2)8-4-7-18-11-12(10-17)16(22)19-14-6-5-13(21(23)24)9-15(14)25-3/h5-6,9,11,18H,4,7-8H2,1-3H3,(H,19,22)/b12-11-. The van der Waals surface area contributed by atoms with Crippen molar-refractivity contribution >= 4 is 17.3 Å². The summed E-state index contributed by atoms with van der Waals surface area (Å²) in [6, 6.07) is 5.61. The van der Waals surface area contributed by atoms with Crippen LogP contribution in [0.25, 0.3) is 0 Å². The molecule has 0 bridgehead atoms. The van der Waals surface area contributed by atoms with Crippen molar-refractivity contribution in [3.63, 3.8) is 0 Å². The average Bonchev–Trinajstić information content (AvgIpc) is 2.57. The molecule has 9 heteroatoms. The molecule has 0 radical (unpaired) electrons. The number of nitriles is 1. The van der Waals surface area contributed by atoms with Crippen molar-refractivity contribution in [1.82, 2.24) is 10.2 Å². The summed E-state index contributed by atoms with van der Waals surface area (Å²) in [7, 11) is 5.26. The highest BCUT2D eigenvalue weighted by atomic mass is 16.6. The Bertz CT molecular complexity index is 694. The number of nitro groups is 1. The number of amides is 1. The molecule has 0 heterocycles. The number of rotatable bonds is 9. The van der Waals surface area contributed by atoms with Gasteiger partial charge in [-0.1, -0.05) is 0 Å². The monoisotopic (exact) mass is 347 g/mol. The number of nitro benzene ring substituents is 1. The smallest absolute Gasteiger partial charge is 0.273 e. The quantitative estimate of drug-likeness (QED) is 0.228. The number of nitrogens with one attached hydrogen (secondary N) is 2. The Kier molecular flexibility index (Phi) is 7.89. The van der Waals surface area contributed by atoms with Gasteiger partial charge in [-0.3, -0.25) is 14.9 Å². The molecular formula is C16H21N5O4. The van der Waals surface area contributed by atoms with Crippen LogP contribution in [0.15, 0.2) is 30.0 Å². The van der Waals surface area contributed by atoms with Gasteiger partial charge >= 0.3 is 0 Å². The second-order valence-corrected chi connectivity index (χ2v) is 5.38. The fourth-order valence-corrected chi connectivity index (χ4v) is 1.91. The largest absolute Gasteiger partial charge is 0.494 e. The minimum absolute atomic E-state index is 0.106. The summed E-state index contributed by atoms with van der Waals surface area (Å²) in [4.78, 5) is 24.4. The van der Waals surface area contributed by atoms with E-state index < -0.39 is 10.8 Å². The van der Waals surface area contributed by atoms with Crippen LogP contribution in [0, 0.1) is 21.4 Å². The summed E-state index contributed by atoms with van der Waals surface area (Å²) >= 11 is 0. The van der Waals surface area contributed by atoms with E-state index in [1.807, 2.05) is 25.1 Å². The molecule has 1 rings (SSSR count). The van der Waals surface area contributed by atoms with E-state index >= 15 is 0 Å². The van der Waals surface area contributed by atoms with Gasteiger partial charge in [-0.15, -0.1) is 0 Å². The maximum Gasteiger partial charge on any atom is 0.273 e. The second-order valence-electron chi connectivity index (χ2n) is 5.38. The molecule has 0 aromatic heterocycles. The molecule has 1 amide bonds. The summed E-state index contributed by atoms with van der Waals surface area (Å²) < 4.78 is 5.04. The maximum absolute atomic E-state index is 12.2. The highest BCUT2D eigenvalue weighted by Gasteiger charge is 2.15. The fourth-order valence-electron chi connectivity index (χ4n) is 1.91. The first-order valence-corrected chi connectivity index (χ1v) is 7.51. The van der Waals surface area contributed by atoms with Crippen LogP contribution in [0.1, 0.15) is 6.42 Å². The van der Waals surface area contributed by atoms with Crippen molar-refractivity contribution in [2.24, 2.45) is 0 Å². The van der Waals surface area contributed by atoms with Gasteiger partial charge in [-0.25, -0.2) is 0 Å². The van der Waals surface area contributed by atoms with Crippen LogP contribution >= 0.6 is 0 Å². The summed E-state index contributed by atoms with van der Waals surface area (Å²) in [6.45, 7) is 1.51. The number of ether oxygens (including phenoxy) is 1. The molecule has 0 atom stereocenters. The third-order valence-corrected chi connectivity index (χ3v) is 3.18. The minimum Gasteiger partial charge on any atom is -0.494 e. The number of hydrogen-bond acceptors (Lipinski definition) is 7. The number of methoxy groups -OCH3 is 1. The lowest BCUT2D eigenvalue weighted by Gasteiger charge is -2.10. The van der Waals surface area contributed by atoms with Gasteiger partial charge < -0.3 is 20.3 Å². The molecule has 25 heavy (non-hydrogen) atoms. The van der Waals surface area contributed by atoms with Crippen LogP contribution in [0.2, 0.25) is 0 Å². The predicted molar refractivity (Wildman–Crippen MR) is 93.1 cm³/mol. The van der Waals surface area contributed by atoms with Gasteiger partial charge in [0.2, 0.25) is 0 Å². The van der Waals surface area contributed by atoms with Gasteiger partial charge in [-0.05, 0) is 33.1 Å². The van der Waals surface area contributed by atoms with E-state index in [-0.39, 0.29) is 22.7 Å². The molecule has 1 aromatic carbocycles. The summed E-state index contributed by atoms with van der Waals surface area (Å²) in [5.41, 5.74) is -0.0226. The SMILES string of the molecule is COc1cc([N+](=O)[O-])ccc1NC(=O)/C(C#N)=C\NCCCN(C)C. The van der Waals surface area contributed by atoms with Crippen LogP contribution in [0.5, 0.6) is 5.75 Å². The lowest BCUT2D eigenvalue weighted by molar-refractivity contribution is -0.384. The normalized spacial score (nSPS) is 10.9. The van der Waals surface area contributed by atoms with Gasteiger partial charge in [0.1, 0.15) is 17.4 Å². The van der Waals surface area contributed by atoms with Crippen LogP contribution < -0.4 is 15.4 Å². The zero-order valence-electron chi connectivity index (χ0n) is 14.4. The van der Waals surface area contributed by atoms with Crippen molar-refractivity contribution in [2.75, 3.05) is 39.6 Å². The van der Waals surface area contributed by atoms with E-state index in [1.165, 1.54) is 31.5 Å². The van der Waals surface area contributed by atoms with Crippen LogP contribution in [-0.2, 0) is 4.79 Å². The number of carbonyl (C=O) groups excluding carboxylic acids is 1. The molecule has 2 N–H and O–H groups in total. The van der Waals surface area contributed by atoms with Gasteiger partial charge in [-0.2, -0.15) is 5.26 Å². The molecule has 0 saturated carbocycles. The lowest BCUT2D eigenvalue weighted by atomic mass is 10.2. The molecule has 134 valence electrons. The van der Waals surface area contributed by atoms with Crippen LogP contribution in [0.4, 0.5) is 11.4 Å². The Hall–Kier alpha value is -3.12. The Balaban J connectivity index is 2.75. The van der Waals surface area contributed by atoms with E-state index in [1.54, 1.807) is 0 Å². The van der Waals surface area contributed by atoms with Crippen molar-refractivity contribution in [3.8, 4) is 11.8 Å². The first-order chi connectivity index (χ1) is 11.9. The third-order valence-electron chi connectivity index (χ3n) is 3.18. The first kappa shape index (κ1) is 19.9. The number of carbonyl (C=O) groups is 1. The Morgan fingerprint density at radius 3 is 2.76 bits per heavy atom. The fraction of sp³-hybridized carbons (Fsp3) is 0.375. The highest BCUT2D eigenvalue weighted by Crippen LogP contribution is 2.29. The van der Waals surface area contributed by atoms with Crippen molar-refractivity contribution in [3.05, 3.63) is 40.1 Å². The average molecular weight is 347 g/mol. The maximum atomic E-state index is 12.2. The number of benzene rings is 1. The zero-order chi connectivity index (χ0) is 18.8. The zero-order valence-corrected chi connectivity index (χ0v) is 14.4. The molecule has 0 spiro atoms. The molecule has 0 saturated heterocycles. The molecule has 0 aliphatic rings.